The van der Waals surface area contributed by atoms with E-state index >= 15 is 0 Å². The second kappa shape index (κ2) is 16.0. The number of aliphatic hydroxyl groups excluding tert-OH is 1. The lowest BCUT2D eigenvalue weighted by Crippen LogP contribution is -2.57. The third kappa shape index (κ3) is 13.7. The first-order chi connectivity index (χ1) is 15.8. The number of rotatable bonds is 16. The first kappa shape index (κ1) is 30.3. The fourth-order valence-electron chi connectivity index (χ4n) is 2.59. The molecule has 4 atom stereocenters. The van der Waals surface area contributed by atoms with Crippen LogP contribution in [-0.4, -0.2) is 89.7 Å². The van der Waals surface area contributed by atoms with Crippen molar-refractivity contribution in [1.82, 2.24) is 16.0 Å². The quantitative estimate of drug-likeness (QED) is 0.0556. The summed E-state index contributed by atoms with van der Waals surface area (Å²) in [6.45, 7) is 1.01. The smallest absolute Gasteiger partial charge is 0.322 e. The highest BCUT2D eigenvalue weighted by Gasteiger charge is 2.29. The number of nitrogens with two attached hydrogens (primary N) is 5. The topological polar surface area (TPSA) is 300 Å². The molecule has 0 rings (SSSR count). The van der Waals surface area contributed by atoms with Crippen molar-refractivity contribution in [2.75, 3.05) is 19.6 Å². The summed E-state index contributed by atoms with van der Waals surface area (Å²) < 4.78 is 0. The molecule has 4 unspecified atom stereocenters. The molecule has 0 fully saturated rings. The number of nitrogens with zero attached hydrogens (tertiary/aromatic N) is 2. The van der Waals surface area contributed by atoms with Gasteiger partial charge in [-0.25, -0.2) is 0 Å². The molecule has 0 radical (unpaired) electrons. The highest BCUT2D eigenvalue weighted by Crippen LogP contribution is 2.04. The molecule has 34 heavy (non-hydrogen) atoms. The Labute approximate surface area is 196 Å². The second-order valence-corrected chi connectivity index (χ2v) is 7.40. The maximum absolute atomic E-state index is 12.9. The minimum absolute atomic E-state index is 0.0792. The van der Waals surface area contributed by atoms with Crippen molar-refractivity contribution in [2.45, 2.75) is 56.8 Å². The number of carboxylic acid groups (broad SMARTS) is 1. The number of aliphatic carboxylic acids is 1. The van der Waals surface area contributed by atoms with Crippen molar-refractivity contribution in [3.05, 3.63) is 0 Å². The van der Waals surface area contributed by atoms with Crippen molar-refractivity contribution in [2.24, 2.45) is 38.7 Å². The minimum atomic E-state index is -1.29. The summed E-state index contributed by atoms with van der Waals surface area (Å²) in [7, 11) is 0. The van der Waals surface area contributed by atoms with Gasteiger partial charge in [-0.1, -0.05) is 0 Å². The van der Waals surface area contributed by atoms with E-state index in [2.05, 4.69) is 25.9 Å². The summed E-state index contributed by atoms with van der Waals surface area (Å²) in [4.78, 5) is 56.0. The zero-order chi connectivity index (χ0) is 26.3. The predicted octanol–water partition coefficient (Wildman–Crippen LogP) is -5.03. The Morgan fingerprint density at radius 1 is 0.824 bits per heavy atom. The number of carbonyl (C=O) groups is 4. The Bertz CT molecular complexity index is 750. The van der Waals surface area contributed by atoms with Crippen LogP contribution in [0.4, 0.5) is 0 Å². The van der Waals surface area contributed by atoms with Crippen LogP contribution in [0.25, 0.3) is 0 Å². The van der Waals surface area contributed by atoms with Gasteiger partial charge in [-0.05, 0) is 32.6 Å². The summed E-state index contributed by atoms with van der Waals surface area (Å²) in [5.74, 6) is -3.81. The largest absolute Gasteiger partial charge is 0.480 e. The average molecular weight is 489 g/mol. The molecule has 0 saturated carbocycles. The van der Waals surface area contributed by atoms with Crippen molar-refractivity contribution in [1.29, 1.82) is 0 Å². The molecule has 16 nitrogen and oxygen atoms in total. The second-order valence-electron chi connectivity index (χ2n) is 7.40. The molecule has 0 aromatic carbocycles. The number of carboxylic acids is 1. The zero-order valence-corrected chi connectivity index (χ0v) is 19.1. The zero-order valence-electron chi connectivity index (χ0n) is 19.1. The van der Waals surface area contributed by atoms with E-state index in [9.17, 15) is 24.3 Å². The van der Waals surface area contributed by atoms with Crippen LogP contribution in [0, 0.1) is 0 Å². The van der Waals surface area contributed by atoms with Crippen LogP contribution in [0.15, 0.2) is 9.98 Å². The third-order valence-corrected chi connectivity index (χ3v) is 4.39. The number of aliphatic imine (C=N–C) groups is 2. The Morgan fingerprint density at radius 2 is 1.26 bits per heavy atom. The summed E-state index contributed by atoms with van der Waals surface area (Å²) in [5.41, 5.74) is 26.7. The van der Waals surface area contributed by atoms with E-state index in [0.717, 1.165) is 0 Å². The average Bonchev–Trinajstić information content (AvgIpc) is 2.74. The number of aliphatic hydroxyl groups is 1. The Morgan fingerprint density at radius 3 is 1.68 bits per heavy atom. The van der Waals surface area contributed by atoms with E-state index in [1.165, 1.54) is 6.92 Å². The molecule has 0 aliphatic carbocycles. The SMILES string of the molecule is CC(O)C(N)C(=O)NC(CCCN=C(N)N)C(=O)NC(CCCN=C(N)N)C(=O)NCC(=O)O. The van der Waals surface area contributed by atoms with E-state index in [1.54, 1.807) is 0 Å². The van der Waals surface area contributed by atoms with Crippen LogP contribution in [0.5, 0.6) is 0 Å². The summed E-state index contributed by atoms with van der Waals surface area (Å²) in [5, 5.41) is 25.4. The van der Waals surface area contributed by atoms with E-state index < -0.39 is 54.5 Å². The number of amides is 3. The van der Waals surface area contributed by atoms with Gasteiger partial charge in [0.15, 0.2) is 11.9 Å². The van der Waals surface area contributed by atoms with Gasteiger partial charge >= 0.3 is 5.97 Å². The Hall–Kier alpha value is -3.66. The maximum atomic E-state index is 12.9. The van der Waals surface area contributed by atoms with Gasteiger partial charge in [-0.3, -0.25) is 29.2 Å². The van der Waals surface area contributed by atoms with Crippen LogP contribution < -0.4 is 44.6 Å². The van der Waals surface area contributed by atoms with Gasteiger partial charge < -0.3 is 54.8 Å². The van der Waals surface area contributed by atoms with E-state index in [0.29, 0.717) is 6.42 Å². The molecule has 15 N–H and O–H groups in total. The fourth-order valence-corrected chi connectivity index (χ4v) is 2.59. The molecule has 0 saturated heterocycles. The lowest BCUT2D eigenvalue weighted by molar-refractivity contribution is -0.138. The minimum Gasteiger partial charge on any atom is -0.480 e. The van der Waals surface area contributed by atoms with E-state index in [4.69, 9.17) is 33.8 Å². The van der Waals surface area contributed by atoms with Gasteiger partial charge in [-0.2, -0.15) is 0 Å². The van der Waals surface area contributed by atoms with Gasteiger partial charge in [0.1, 0.15) is 24.7 Å². The highest BCUT2D eigenvalue weighted by molar-refractivity contribution is 5.93. The Balaban J connectivity index is 5.43. The number of carbonyl (C=O) groups excluding carboxylic acids is 3. The lowest BCUT2D eigenvalue weighted by Gasteiger charge is -2.24. The van der Waals surface area contributed by atoms with Crippen molar-refractivity contribution in [3.63, 3.8) is 0 Å². The van der Waals surface area contributed by atoms with Crippen molar-refractivity contribution >= 4 is 35.6 Å². The molecule has 0 aromatic heterocycles. The van der Waals surface area contributed by atoms with Crippen LogP contribution in [0.2, 0.25) is 0 Å². The number of nitrogens with one attached hydrogen (secondary N) is 3. The van der Waals surface area contributed by atoms with Gasteiger partial charge in [0.25, 0.3) is 0 Å². The molecule has 0 aromatic rings. The van der Waals surface area contributed by atoms with Crippen LogP contribution in [0.1, 0.15) is 32.6 Å². The fraction of sp³-hybridized carbons (Fsp3) is 0.667. The first-order valence-corrected chi connectivity index (χ1v) is 10.5. The van der Waals surface area contributed by atoms with Gasteiger partial charge in [-0.15, -0.1) is 0 Å². The summed E-state index contributed by atoms with van der Waals surface area (Å²) >= 11 is 0. The normalized spacial score (nSPS) is 14.0. The van der Waals surface area contributed by atoms with Crippen molar-refractivity contribution in [3.8, 4) is 0 Å². The summed E-state index contributed by atoms with van der Waals surface area (Å²) in [6, 6.07) is -3.56. The van der Waals surface area contributed by atoms with Crippen LogP contribution in [0.3, 0.4) is 0 Å². The van der Waals surface area contributed by atoms with Gasteiger partial charge in [0, 0.05) is 13.1 Å². The molecule has 194 valence electrons. The van der Waals surface area contributed by atoms with E-state index in [-0.39, 0.29) is 44.3 Å². The van der Waals surface area contributed by atoms with E-state index in [1.807, 2.05) is 0 Å². The van der Waals surface area contributed by atoms with Crippen molar-refractivity contribution < 1.29 is 29.4 Å². The maximum Gasteiger partial charge on any atom is 0.322 e. The molecule has 0 spiro atoms. The third-order valence-electron chi connectivity index (χ3n) is 4.39. The lowest BCUT2D eigenvalue weighted by atomic mass is 10.1. The molecule has 0 heterocycles. The predicted molar refractivity (Wildman–Crippen MR) is 124 cm³/mol. The first-order valence-electron chi connectivity index (χ1n) is 10.5. The molecular weight excluding hydrogens is 452 g/mol. The molecule has 0 aliphatic rings. The van der Waals surface area contributed by atoms with Crippen LogP contribution >= 0.6 is 0 Å². The molecule has 0 bridgehead atoms. The van der Waals surface area contributed by atoms with Gasteiger partial charge in [0.05, 0.1) is 6.10 Å². The number of hydrogen-bond donors (Lipinski definition) is 10. The highest BCUT2D eigenvalue weighted by atomic mass is 16.4. The molecular formula is C18H36N10O6. The number of hydrogen-bond acceptors (Lipinski definition) is 8. The summed E-state index contributed by atoms with van der Waals surface area (Å²) in [6.07, 6.45) is -0.428. The monoisotopic (exact) mass is 488 g/mol. The Kier molecular flexibility index (Phi) is 14.3. The van der Waals surface area contributed by atoms with Gasteiger partial charge in [0.2, 0.25) is 17.7 Å². The number of guanidine groups is 2. The molecule has 0 aliphatic heterocycles. The molecule has 16 heteroatoms. The van der Waals surface area contributed by atoms with Crippen LogP contribution in [-0.2, 0) is 19.2 Å². The molecule has 3 amide bonds. The standard InChI is InChI=1S/C18H36N10O6/c1-9(29)13(19)16(34)28-11(5-3-7-25-18(22)23)15(33)27-10(4-2-6-24-17(20)21)14(32)26-8-12(30)31/h9-11,13,29H,2-8,19H2,1H3,(H,26,32)(H,27,33)(H,28,34)(H,30,31)(H4,20,21,24)(H4,22,23,25).